The zero-order valence-electron chi connectivity index (χ0n) is 21.5. The SMILES string of the molecule is CCc1ccc(CNC(=O)CC2CCN(C(=O)c3ccc4oc(-c5ccc(C)cc5)nc4c3)CC2)cc1. The van der Waals surface area contributed by atoms with Gasteiger partial charge in [0.2, 0.25) is 11.8 Å². The highest BCUT2D eigenvalue weighted by Gasteiger charge is 2.25. The Balaban J connectivity index is 1.13. The Bertz CT molecular complexity index is 1380. The average Bonchev–Trinajstić information content (AvgIpc) is 3.36. The van der Waals surface area contributed by atoms with E-state index in [1.807, 2.05) is 48.2 Å². The predicted molar refractivity (Wildman–Crippen MR) is 145 cm³/mol. The number of benzene rings is 3. The first-order chi connectivity index (χ1) is 18.0. The van der Waals surface area contributed by atoms with Crippen LogP contribution in [0.5, 0.6) is 0 Å². The fourth-order valence-corrected chi connectivity index (χ4v) is 4.83. The Kier molecular flexibility index (Phi) is 7.35. The summed E-state index contributed by atoms with van der Waals surface area (Å²) in [4.78, 5) is 32.2. The van der Waals surface area contributed by atoms with E-state index >= 15 is 0 Å². The molecule has 190 valence electrons. The standard InChI is InChI=1S/C31H33N3O3/c1-3-22-6-8-24(9-7-22)20-32-29(35)18-23-14-16-34(17-15-23)31(36)26-12-13-28-27(19-26)33-30(37-28)25-10-4-21(2)5-11-25/h4-13,19,23H,3,14-18,20H2,1-2H3,(H,32,35). The summed E-state index contributed by atoms with van der Waals surface area (Å²) in [5.74, 6) is 0.920. The minimum Gasteiger partial charge on any atom is -0.436 e. The van der Waals surface area contributed by atoms with E-state index in [1.54, 1.807) is 6.07 Å². The molecule has 1 saturated heterocycles. The molecule has 4 aromatic rings. The maximum atomic E-state index is 13.2. The van der Waals surface area contributed by atoms with E-state index in [2.05, 4.69) is 41.5 Å². The molecular formula is C31H33N3O3. The Hall–Kier alpha value is -3.93. The number of hydrogen-bond donors (Lipinski definition) is 1. The summed E-state index contributed by atoms with van der Waals surface area (Å²) in [6.07, 6.45) is 3.17. The van der Waals surface area contributed by atoms with Crippen molar-refractivity contribution in [3.63, 3.8) is 0 Å². The molecule has 0 spiro atoms. The average molecular weight is 496 g/mol. The summed E-state index contributed by atoms with van der Waals surface area (Å²) < 4.78 is 5.91. The number of amides is 2. The monoisotopic (exact) mass is 495 g/mol. The van der Waals surface area contributed by atoms with E-state index < -0.39 is 0 Å². The third kappa shape index (κ3) is 5.91. The van der Waals surface area contributed by atoms with Gasteiger partial charge in [0.05, 0.1) is 0 Å². The highest BCUT2D eigenvalue weighted by Crippen LogP contribution is 2.27. The van der Waals surface area contributed by atoms with Crippen LogP contribution in [0.1, 0.15) is 53.2 Å². The zero-order chi connectivity index (χ0) is 25.8. The molecule has 3 aromatic carbocycles. The summed E-state index contributed by atoms with van der Waals surface area (Å²) in [5, 5.41) is 3.04. The van der Waals surface area contributed by atoms with Gasteiger partial charge in [-0.3, -0.25) is 9.59 Å². The second-order valence-electron chi connectivity index (χ2n) is 9.95. The summed E-state index contributed by atoms with van der Waals surface area (Å²) >= 11 is 0. The number of aromatic nitrogens is 1. The maximum Gasteiger partial charge on any atom is 0.253 e. The van der Waals surface area contributed by atoms with Crippen LogP contribution in [0.2, 0.25) is 0 Å². The van der Waals surface area contributed by atoms with Gasteiger partial charge in [0.1, 0.15) is 5.52 Å². The quantitative estimate of drug-likeness (QED) is 0.345. The van der Waals surface area contributed by atoms with Crippen LogP contribution in [-0.2, 0) is 17.8 Å². The minimum absolute atomic E-state index is 0.000198. The third-order valence-electron chi connectivity index (χ3n) is 7.23. The van der Waals surface area contributed by atoms with Crippen LogP contribution in [0.4, 0.5) is 0 Å². The van der Waals surface area contributed by atoms with Gasteiger partial charge in [-0.1, -0.05) is 48.9 Å². The molecule has 6 heteroatoms. The van der Waals surface area contributed by atoms with Gasteiger partial charge in [0.25, 0.3) is 5.91 Å². The van der Waals surface area contributed by atoms with Gasteiger partial charge in [0.15, 0.2) is 5.58 Å². The van der Waals surface area contributed by atoms with Crippen LogP contribution in [-0.4, -0.2) is 34.8 Å². The zero-order valence-corrected chi connectivity index (χ0v) is 21.5. The topological polar surface area (TPSA) is 75.4 Å². The molecule has 1 aliphatic heterocycles. The van der Waals surface area contributed by atoms with E-state index in [4.69, 9.17) is 4.42 Å². The number of oxazole rings is 1. The lowest BCUT2D eigenvalue weighted by Crippen LogP contribution is -2.39. The molecule has 1 aromatic heterocycles. The summed E-state index contributed by atoms with van der Waals surface area (Å²) in [6.45, 7) is 6.03. The fraction of sp³-hybridized carbons (Fsp3) is 0.323. The van der Waals surface area contributed by atoms with E-state index in [-0.39, 0.29) is 11.8 Å². The van der Waals surface area contributed by atoms with Crippen molar-refractivity contribution >= 4 is 22.9 Å². The van der Waals surface area contributed by atoms with Gasteiger partial charge >= 0.3 is 0 Å². The van der Waals surface area contributed by atoms with Crippen molar-refractivity contribution in [1.82, 2.24) is 15.2 Å². The van der Waals surface area contributed by atoms with E-state index in [0.29, 0.717) is 54.5 Å². The number of nitrogens with one attached hydrogen (secondary N) is 1. The normalized spacial score (nSPS) is 14.2. The van der Waals surface area contributed by atoms with E-state index in [1.165, 1.54) is 11.1 Å². The number of rotatable bonds is 7. The third-order valence-corrected chi connectivity index (χ3v) is 7.23. The van der Waals surface area contributed by atoms with Gasteiger partial charge in [-0.2, -0.15) is 0 Å². The fourth-order valence-electron chi connectivity index (χ4n) is 4.83. The van der Waals surface area contributed by atoms with Gasteiger partial charge in [-0.25, -0.2) is 4.98 Å². The molecule has 1 aliphatic rings. The smallest absolute Gasteiger partial charge is 0.253 e. The molecule has 2 amide bonds. The molecular weight excluding hydrogens is 462 g/mol. The van der Waals surface area contributed by atoms with Crippen LogP contribution < -0.4 is 5.32 Å². The van der Waals surface area contributed by atoms with Gasteiger partial charge in [0, 0.05) is 37.2 Å². The first-order valence-electron chi connectivity index (χ1n) is 13.1. The first kappa shape index (κ1) is 24.8. The molecule has 2 heterocycles. The molecule has 0 aliphatic carbocycles. The van der Waals surface area contributed by atoms with Crippen molar-refractivity contribution in [3.8, 4) is 11.5 Å². The van der Waals surface area contributed by atoms with Crippen molar-refractivity contribution in [3.05, 3.63) is 89.0 Å². The lowest BCUT2D eigenvalue weighted by atomic mass is 9.92. The predicted octanol–water partition coefficient (Wildman–Crippen LogP) is 5.92. The van der Waals surface area contributed by atoms with Crippen LogP contribution >= 0.6 is 0 Å². The molecule has 0 unspecified atom stereocenters. The Morgan fingerprint density at radius 2 is 1.68 bits per heavy atom. The van der Waals surface area contributed by atoms with Crippen LogP contribution in [0.25, 0.3) is 22.6 Å². The maximum absolute atomic E-state index is 13.2. The van der Waals surface area contributed by atoms with Gasteiger partial charge in [-0.05, 0) is 73.6 Å². The summed E-state index contributed by atoms with van der Waals surface area (Å²) in [5.41, 5.74) is 6.45. The number of piperidine rings is 1. The van der Waals surface area contributed by atoms with Crippen molar-refractivity contribution in [2.45, 2.75) is 46.1 Å². The lowest BCUT2D eigenvalue weighted by molar-refractivity contribution is -0.122. The lowest BCUT2D eigenvalue weighted by Gasteiger charge is -2.31. The molecule has 0 radical (unpaired) electrons. The minimum atomic E-state index is 0.000198. The molecule has 0 atom stereocenters. The molecule has 1 N–H and O–H groups in total. The van der Waals surface area contributed by atoms with E-state index in [9.17, 15) is 9.59 Å². The van der Waals surface area contributed by atoms with Crippen molar-refractivity contribution in [2.24, 2.45) is 5.92 Å². The Labute approximate surface area is 217 Å². The summed E-state index contributed by atoms with van der Waals surface area (Å²) in [7, 11) is 0. The number of carbonyl (C=O) groups excluding carboxylic acids is 2. The molecule has 0 saturated carbocycles. The van der Waals surface area contributed by atoms with Crippen molar-refractivity contribution in [1.29, 1.82) is 0 Å². The first-order valence-corrected chi connectivity index (χ1v) is 13.1. The van der Waals surface area contributed by atoms with Gasteiger partial charge < -0.3 is 14.6 Å². The number of fused-ring (bicyclic) bond motifs is 1. The highest BCUT2D eigenvalue weighted by atomic mass is 16.3. The number of hydrogen-bond acceptors (Lipinski definition) is 4. The van der Waals surface area contributed by atoms with E-state index in [0.717, 1.165) is 30.4 Å². The highest BCUT2D eigenvalue weighted by molar-refractivity contribution is 5.97. The molecule has 0 bridgehead atoms. The van der Waals surface area contributed by atoms with Crippen LogP contribution in [0.15, 0.2) is 71.1 Å². The van der Waals surface area contributed by atoms with Crippen molar-refractivity contribution in [2.75, 3.05) is 13.1 Å². The van der Waals surface area contributed by atoms with Crippen molar-refractivity contribution < 1.29 is 14.0 Å². The van der Waals surface area contributed by atoms with Crippen LogP contribution in [0, 0.1) is 12.8 Å². The number of carbonyl (C=O) groups is 2. The Morgan fingerprint density at radius 1 is 0.973 bits per heavy atom. The number of nitrogens with zero attached hydrogens (tertiary/aromatic N) is 2. The Morgan fingerprint density at radius 3 is 2.38 bits per heavy atom. The largest absolute Gasteiger partial charge is 0.436 e. The summed E-state index contributed by atoms with van der Waals surface area (Å²) in [6, 6.07) is 21.8. The number of likely N-dealkylation sites (tertiary alicyclic amines) is 1. The molecule has 6 nitrogen and oxygen atoms in total. The van der Waals surface area contributed by atoms with Gasteiger partial charge in [-0.15, -0.1) is 0 Å². The molecule has 37 heavy (non-hydrogen) atoms. The second-order valence-corrected chi connectivity index (χ2v) is 9.95. The molecule has 1 fully saturated rings. The van der Waals surface area contributed by atoms with Crippen LogP contribution in [0.3, 0.4) is 0 Å². The number of aryl methyl sites for hydroxylation is 2. The second kappa shape index (κ2) is 11.0. The molecule has 5 rings (SSSR count).